The molecule has 1 heterocycles. The fourth-order valence-electron chi connectivity index (χ4n) is 3.87. The van der Waals surface area contributed by atoms with E-state index in [0.29, 0.717) is 18.2 Å². The molecule has 1 aromatic rings. The van der Waals surface area contributed by atoms with Crippen molar-refractivity contribution in [3.8, 4) is 0 Å². The minimum Gasteiger partial charge on any atom is -0.378 e. The molecule has 3 rings (SSSR count). The molecule has 1 fully saturated rings. The standard InChI is InChI=1S/C18H29N3O2S/c1-5-11-7-8-12-13(9-11)24-16(20-12)21-15(22)18(19)10-14(23-6-2)17(18,3)4/h11,14H,5-10,19H2,1-4H3,(H,20,21,22). The maximum atomic E-state index is 12.8. The molecule has 0 radical (unpaired) electrons. The van der Waals surface area contributed by atoms with E-state index >= 15 is 0 Å². The number of ether oxygens (including phenoxy) is 1. The minimum atomic E-state index is -0.898. The molecule has 0 saturated heterocycles. The van der Waals surface area contributed by atoms with Crippen molar-refractivity contribution in [1.82, 2.24) is 4.98 Å². The second-order valence-corrected chi connectivity index (χ2v) is 8.78. The molecule has 3 atom stereocenters. The lowest BCUT2D eigenvalue weighted by Gasteiger charge is -2.57. The molecule has 5 nitrogen and oxygen atoms in total. The summed E-state index contributed by atoms with van der Waals surface area (Å²) in [7, 11) is 0. The zero-order chi connectivity index (χ0) is 17.5. The monoisotopic (exact) mass is 351 g/mol. The number of rotatable bonds is 5. The smallest absolute Gasteiger partial charge is 0.246 e. The number of nitrogens with two attached hydrogens (primary N) is 1. The Kier molecular flexibility index (Phi) is 4.75. The molecule has 24 heavy (non-hydrogen) atoms. The van der Waals surface area contributed by atoms with Crippen molar-refractivity contribution in [3.63, 3.8) is 0 Å². The van der Waals surface area contributed by atoms with Crippen LogP contribution in [0.5, 0.6) is 0 Å². The molecule has 2 aliphatic rings. The molecule has 2 aliphatic carbocycles. The van der Waals surface area contributed by atoms with Gasteiger partial charge in [0.05, 0.1) is 11.8 Å². The summed E-state index contributed by atoms with van der Waals surface area (Å²) < 4.78 is 5.71. The van der Waals surface area contributed by atoms with Crippen molar-refractivity contribution in [2.45, 2.75) is 71.4 Å². The van der Waals surface area contributed by atoms with E-state index in [1.807, 2.05) is 20.8 Å². The highest BCUT2D eigenvalue weighted by Crippen LogP contribution is 2.50. The second-order valence-electron chi connectivity index (χ2n) is 7.70. The molecule has 1 aromatic heterocycles. The number of anilines is 1. The lowest BCUT2D eigenvalue weighted by molar-refractivity contribution is -0.166. The Hall–Kier alpha value is -0.980. The molecule has 0 bridgehead atoms. The predicted octanol–water partition coefficient (Wildman–Crippen LogP) is 3.13. The van der Waals surface area contributed by atoms with Crippen LogP contribution < -0.4 is 11.1 Å². The number of amides is 1. The molecule has 1 saturated carbocycles. The zero-order valence-corrected chi connectivity index (χ0v) is 16.0. The highest BCUT2D eigenvalue weighted by molar-refractivity contribution is 7.15. The summed E-state index contributed by atoms with van der Waals surface area (Å²) in [6.07, 6.45) is 5.11. The third-order valence-corrected chi connectivity index (χ3v) is 7.11. The van der Waals surface area contributed by atoms with Gasteiger partial charge in [-0.05, 0) is 32.1 Å². The Morgan fingerprint density at radius 1 is 1.46 bits per heavy atom. The third kappa shape index (κ3) is 2.78. The van der Waals surface area contributed by atoms with E-state index in [-0.39, 0.29) is 17.4 Å². The van der Waals surface area contributed by atoms with Crippen LogP contribution in [-0.4, -0.2) is 29.1 Å². The van der Waals surface area contributed by atoms with Crippen LogP contribution in [0.2, 0.25) is 0 Å². The normalized spacial score (nSPS) is 31.2. The van der Waals surface area contributed by atoms with Gasteiger partial charge in [-0.1, -0.05) is 27.2 Å². The molecule has 6 heteroatoms. The fourth-order valence-corrected chi connectivity index (χ4v) is 4.99. The molecular weight excluding hydrogens is 322 g/mol. The number of hydrogen-bond acceptors (Lipinski definition) is 5. The van der Waals surface area contributed by atoms with Crippen molar-refractivity contribution < 1.29 is 9.53 Å². The van der Waals surface area contributed by atoms with Crippen LogP contribution in [-0.2, 0) is 22.4 Å². The number of carbonyl (C=O) groups excluding carboxylic acids is 1. The molecule has 0 aromatic carbocycles. The quantitative estimate of drug-likeness (QED) is 0.854. The third-order valence-electron chi connectivity index (χ3n) is 6.07. The van der Waals surface area contributed by atoms with Crippen molar-refractivity contribution in [3.05, 3.63) is 10.6 Å². The molecular formula is C18H29N3O2S. The maximum Gasteiger partial charge on any atom is 0.246 e. The van der Waals surface area contributed by atoms with Crippen LogP contribution in [0.25, 0.3) is 0 Å². The van der Waals surface area contributed by atoms with Crippen LogP contribution in [0.3, 0.4) is 0 Å². The van der Waals surface area contributed by atoms with E-state index in [4.69, 9.17) is 10.5 Å². The SMILES string of the molecule is CCOC1CC(N)(C(=O)Nc2nc3c(s2)CC(CC)CC3)C1(C)C. The number of nitrogens with zero attached hydrogens (tertiary/aromatic N) is 1. The van der Waals surface area contributed by atoms with E-state index in [2.05, 4.69) is 17.2 Å². The summed E-state index contributed by atoms with van der Waals surface area (Å²) in [4.78, 5) is 18.8. The zero-order valence-electron chi connectivity index (χ0n) is 15.1. The maximum absolute atomic E-state index is 12.8. The highest BCUT2D eigenvalue weighted by Gasteiger charge is 2.63. The Balaban J connectivity index is 1.69. The average molecular weight is 352 g/mol. The molecule has 1 amide bonds. The van der Waals surface area contributed by atoms with E-state index < -0.39 is 5.54 Å². The lowest BCUT2D eigenvalue weighted by atomic mass is 9.54. The van der Waals surface area contributed by atoms with Gasteiger partial charge in [0, 0.05) is 23.3 Å². The number of thiazole rings is 1. The fraction of sp³-hybridized carbons (Fsp3) is 0.778. The summed E-state index contributed by atoms with van der Waals surface area (Å²) in [5, 5.41) is 3.68. The van der Waals surface area contributed by atoms with Crippen LogP contribution >= 0.6 is 11.3 Å². The van der Waals surface area contributed by atoms with Crippen molar-refractivity contribution in [1.29, 1.82) is 0 Å². The number of aryl methyl sites for hydroxylation is 1. The number of carbonyl (C=O) groups is 1. The van der Waals surface area contributed by atoms with Crippen molar-refractivity contribution in [2.75, 3.05) is 11.9 Å². The Morgan fingerprint density at radius 2 is 2.21 bits per heavy atom. The lowest BCUT2D eigenvalue weighted by Crippen LogP contribution is -2.74. The number of nitrogens with one attached hydrogen (secondary N) is 1. The Labute approximate surface area is 148 Å². The first-order valence-corrected chi connectivity index (χ1v) is 9.84. The average Bonchev–Trinajstić information content (AvgIpc) is 2.95. The molecule has 0 spiro atoms. The van der Waals surface area contributed by atoms with Crippen molar-refractivity contribution in [2.24, 2.45) is 17.1 Å². The van der Waals surface area contributed by atoms with Gasteiger partial charge >= 0.3 is 0 Å². The largest absolute Gasteiger partial charge is 0.378 e. The minimum absolute atomic E-state index is 0.0352. The summed E-state index contributed by atoms with van der Waals surface area (Å²) in [6.45, 7) is 8.87. The van der Waals surface area contributed by atoms with E-state index in [9.17, 15) is 4.79 Å². The van der Waals surface area contributed by atoms with Gasteiger partial charge < -0.3 is 15.8 Å². The van der Waals surface area contributed by atoms with Gasteiger partial charge in [0.1, 0.15) is 5.54 Å². The Bertz CT molecular complexity index is 628. The van der Waals surface area contributed by atoms with E-state index in [1.165, 1.54) is 17.7 Å². The van der Waals surface area contributed by atoms with Crippen LogP contribution in [0.1, 0.15) is 57.5 Å². The van der Waals surface area contributed by atoms with Crippen LogP contribution in [0.15, 0.2) is 0 Å². The second kappa shape index (κ2) is 6.39. The van der Waals surface area contributed by atoms with Crippen LogP contribution in [0.4, 0.5) is 5.13 Å². The number of hydrogen-bond donors (Lipinski definition) is 2. The van der Waals surface area contributed by atoms with Gasteiger partial charge in [-0.3, -0.25) is 4.79 Å². The van der Waals surface area contributed by atoms with Gasteiger partial charge in [0.2, 0.25) is 5.91 Å². The summed E-state index contributed by atoms with van der Waals surface area (Å²) >= 11 is 1.61. The van der Waals surface area contributed by atoms with Gasteiger partial charge in [-0.15, -0.1) is 11.3 Å². The van der Waals surface area contributed by atoms with Gasteiger partial charge in [-0.2, -0.15) is 0 Å². The van der Waals surface area contributed by atoms with E-state index in [0.717, 1.165) is 24.5 Å². The van der Waals surface area contributed by atoms with Crippen molar-refractivity contribution >= 4 is 22.4 Å². The predicted molar refractivity (Wildman–Crippen MR) is 97.3 cm³/mol. The first kappa shape index (κ1) is 17.8. The van der Waals surface area contributed by atoms with E-state index in [1.54, 1.807) is 11.3 Å². The Morgan fingerprint density at radius 3 is 2.83 bits per heavy atom. The molecule has 3 unspecified atom stereocenters. The first-order valence-electron chi connectivity index (χ1n) is 9.02. The van der Waals surface area contributed by atoms with Gasteiger partial charge in [0.25, 0.3) is 0 Å². The van der Waals surface area contributed by atoms with Crippen LogP contribution in [0, 0.1) is 11.3 Å². The number of aromatic nitrogens is 1. The summed E-state index contributed by atoms with van der Waals surface area (Å²) in [6, 6.07) is 0. The molecule has 0 aliphatic heterocycles. The highest BCUT2D eigenvalue weighted by atomic mass is 32.1. The number of fused-ring (bicyclic) bond motifs is 1. The summed E-state index contributed by atoms with van der Waals surface area (Å²) in [5.74, 6) is 0.612. The van der Waals surface area contributed by atoms with Gasteiger partial charge in [-0.25, -0.2) is 4.98 Å². The topological polar surface area (TPSA) is 77.2 Å². The molecule has 3 N–H and O–H groups in total. The summed E-state index contributed by atoms with van der Waals surface area (Å²) in [5.41, 5.74) is 6.33. The first-order chi connectivity index (χ1) is 11.3. The van der Waals surface area contributed by atoms with Gasteiger partial charge in [0.15, 0.2) is 5.13 Å². The molecule has 134 valence electrons.